The average Bonchev–Trinajstić information content (AvgIpc) is 3.04. The molecule has 0 aliphatic heterocycles. The van der Waals surface area contributed by atoms with E-state index >= 15 is 0 Å². The van der Waals surface area contributed by atoms with Crippen LogP contribution in [-0.2, 0) is 9.47 Å². The van der Waals surface area contributed by atoms with E-state index in [0.717, 1.165) is 95.9 Å². The normalized spacial score (nSPS) is 30.4. The summed E-state index contributed by atoms with van der Waals surface area (Å²) in [6.07, 6.45) is 18.8. The molecular weight excluding hydrogens is 608 g/mol. The highest BCUT2D eigenvalue weighted by Gasteiger charge is 2.28. The third kappa shape index (κ3) is 21.4. The molecule has 0 bridgehead atoms. The van der Waals surface area contributed by atoms with Crippen LogP contribution in [0, 0.1) is 0 Å². The Balaban J connectivity index is 0.000000332. The van der Waals surface area contributed by atoms with Gasteiger partial charge in [0.25, 0.3) is 0 Å². The Kier molecular flexibility index (Phi) is 22.6. The van der Waals surface area contributed by atoms with E-state index < -0.39 is 5.60 Å². The third-order valence-electron chi connectivity index (χ3n) is 9.79. The number of hydrogen-bond acceptors (Lipinski definition) is 10. The van der Waals surface area contributed by atoms with Crippen LogP contribution in [-0.4, -0.2) is 91.7 Å². The molecule has 0 heterocycles. The third-order valence-corrected chi connectivity index (χ3v) is 9.79. The molecule has 48 heavy (non-hydrogen) atoms. The number of amides is 2. The Morgan fingerprint density at radius 1 is 0.667 bits per heavy atom. The van der Waals surface area contributed by atoms with Crippen molar-refractivity contribution < 1.29 is 19.1 Å². The quantitative estimate of drug-likeness (QED) is 0.193. The molecule has 284 valence electrons. The van der Waals surface area contributed by atoms with Gasteiger partial charge in [-0.15, -0.1) is 0 Å². The average molecular weight is 685 g/mol. The van der Waals surface area contributed by atoms with Crippen LogP contribution in [0.3, 0.4) is 0 Å². The van der Waals surface area contributed by atoms with Crippen molar-refractivity contribution in [3.63, 3.8) is 0 Å². The molecular formula is C36H76N8O4. The summed E-state index contributed by atoms with van der Waals surface area (Å²) in [5.74, 6) is 0. The SMILES string of the molecule is CCCCOC(=O)NC1CCC(N)CC1.CN(C(=O)OC(C)(C)C)C1CCC(N)CC1.CNC1CCC(N)CC1.NC1CCC(N)CC1. The lowest BCUT2D eigenvalue weighted by Gasteiger charge is -2.34. The van der Waals surface area contributed by atoms with Gasteiger partial charge in [-0.3, -0.25) is 0 Å². The summed E-state index contributed by atoms with van der Waals surface area (Å²) in [5, 5.41) is 6.15. The van der Waals surface area contributed by atoms with E-state index in [9.17, 15) is 9.59 Å². The predicted molar refractivity (Wildman–Crippen MR) is 198 cm³/mol. The molecule has 2 amide bonds. The van der Waals surface area contributed by atoms with Crippen molar-refractivity contribution in [2.45, 2.75) is 197 Å². The predicted octanol–water partition coefficient (Wildman–Crippen LogP) is 4.60. The van der Waals surface area contributed by atoms with Gasteiger partial charge in [-0.2, -0.15) is 0 Å². The number of hydrogen-bond donors (Lipinski definition) is 7. The molecule has 4 fully saturated rings. The first-order valence-corrected chi connectivity index (χ1v) is 19.0. The lowest BCUT2D eigenvalue weighted by molar-refractivity contribution is 0.0183. The summed E-state index contributed by atoms with van der Waals surface area (Å²) in [7, 11) is 3.84. The zero-order chi connectivity index (χ0) is 36.1. The van der Waals surface area contributed by atoms with Crippen molar-refractivity contribution in [3.8, 4) is 0 Å². The Morgan fingerprint density at radius 2 is 1.04 bits per heavy atom. The van der Waals surface area contributed by atoms with E-state index in [1.165, 1.54) is 25.7 Å². The summed E-state index contributed by atoms with van der Waals surface area (Å²) in [6.45, 7) is 8.25. The Hall–Kier alpha value is -1.70. The fraction of sp³-hybridized carbons (Fsp3) is 0.944. The maximum Gasteiger partial charge on any atom is 0.410 e. The molecule has 0 aromatic rings. The van der Waals surface area contributed by atoms with Gasteiger partial charge in [0.2, 0.25) is 0 Å². The monoisotopic (exact) mass is 685 g/mol. The lowest BCUT2D eigenvalue weighted by atomic mass is 9.91. The molecule has 0 unspecified atom stereocenters. The van der Waals surface area contributed by atoms with Crippen LogP contribution in [0.15, 0.2) is 0 Å². The van der Waals surface area contributed by atoms with E-state index in [4.69, 9.17) is 38.1 Å². The maximum atomic E-state index is 11.8. The second-order valence-corrected chi connectivity index (χ2v) is 15.5. The van der Waals surface area contributed by atoms with Crippen molar-refractivity contribution in [3.05, 3.63) is 0 Å². The van der Waals surface area contributed by atoms with Gasteiger partial charge in [0, 0.05) is 55.4 Å². The summed E-state index contributed by atoms with van der Waals surface area (Å²) in [5.41, 5.74) is 28.2. The minimum atomic E-state index is -0.420. The fourth-order valence-corrected chi connectivity index (χ4v) is 6.31. The second-order valence-electron chi connectivity index (χ2n) is 15.5. The number of ether oxygens (including phenoxy) is 2. The first-order valence-electron chi connectivity index (χ1n) is 19.0. The van der Waals surface area contributed by atoms with Crippen LogP contribution < -0.4 is 39.3 Å². The highest BCUT2D eigenvalue weighted by molar-refractivity contribution is 5.68. The van der Waals surface area contributed by atoms with Crippen LogP contribution in [0.1, 0.15) is 143 Å². The van der Waals surface area contributed by atoms with Gasteiger partial charge in [0.1, 0.15) is 5.60 Å². The number of carbonyl (C=O) groups is 2. The van der Waals surface area contributed by atoms with Gasteiger partial charge in [0.05, 0.1) is 6.61 Å². The van der Waals surface area contributed by atoms with Crippen LogP contribution in [0.25, 0.3) is 0 Å². The molecule has 4 saturated carbocycles. The molecule has 12 heteroatoms. The molecule has 0 spiro atoms. The van der Waals surface area contributed by atoms with E-state index in [-0.39, 0.29) is 24.3 Å². The minimum Gasteiger partial charge on any atom is -0.450 e. The molecule has 0 saturated heterocycles. The Morgan fingerprint density at radius 3 is 1.42 bits per heavy atom. The molecule has 4 aliphatic carbocycles. The second kappa shape index (κ2) is 24.4. The van der Waals surface area contributed by atoms with Gasteiger partial charge in [0.15, 0.2) is 0 Å². The van der Waals surface area contributed by atoms with Crippen LogP contribution in [0.4, 0.5) is 9.59 Å². The topological polar surface area (TPSA) is 210 Å². The number of carbonyl (C=O) groups excluding carboxylic acids is 2. The van der Waals surface area contributed by atoms with Crippen molar-refractivity contribution in [1.82, 2.24) is 15.5 Å². The lowest BCUT2D eigenvalue weighted by Crippen LogP contribution is -2.44. The number of nitrogens with two attached hydrogens (primary N) is 5. The van der Waals surface area contributed by atoms with Crippen molar-refractivity contribution in [1.29, 1.82) is 0 Å². The van der Waals surface area contributed by atoms with E-state index in [1.807, 2.05) is 34.9 Å². The maximum absolute atomic E-state index is 11.8. The zero-order valence-electron chi connectivity index (χ0n) is 31.5. The highest BCUT2D eigenvalue weighted by Crippen LogP contribution is 2.23. The van der Waals surface area contributed by atoms with Crippen molar-refractivity contribution >= 4 is 12.2 Å². The van der Waals surface area contributed by atoms with Gasteiger partial charge in [-0.25, -0.2) is 9.59 Å². The standard InChI is InChI=1S/C12H24N2O2.C11H22N2O2.C7H16N2.C6H14N2/c1-12(2,3)16-11(15)14(4)10-7-5-9(13)6-8-10;1-2-3-8-15-11(14)13-10-6-4-9(12)5-7-10;1-9-7-4-2-6(8)3-5-7;7-5-1-2-6(8)4-3-5/h9-10H,5-8,13H2,1-4H3;9-10H,2-8,12H2,1H3,(H,13,14);6-7,9H,2-5,8H2,1H3;5-6H,1-4,7-8H2. The molecule has 4 aliphatic rings. The highest BCUT2D eigenvalue weighted by atomic mass is 16.6. The summed E-state index contributed by atoms with van der Waals surface area (Å²) >= 11 is 0. The molecule has 0 aromatic heterocycles. The number of rotatable bonds is 6. The summed E-state index contributed by atoms with van der Waals surface area (Å²) in [6, 6.07) is 3.28. The van der Waals surface area contributed by atoms with E-state index in [2.05, 4.69) is 17.6 Å². The number of nitrogens with zero attached hydrogens (tertiary/aromatic N) is 1. The van der Waals surface area contributed by atoms with Crippen LogP contribution in [0.5, 0.6) is 0 Å². The van der Waals surface area contributed by atoms with E-state index in [0.29, 0.717) is 36.8 Å². The summed E-state index contributed by atoms with van der Waals surface area (Å²) < 4.78 is 10.4. The van der Waals surface area contributed by atoms with E-state index in [1.54, 1.807) is 4.90 Å². The Bertz CT molecular complexity index is 818. The van der Waals surface area contributed by atoms with Gasteiger partial charge in [-0.05, 0) is 137 Å². The number of alkyl carbamates (subject to hydrolysis) is 1. The van der Waals surface area contributed by atoms with Crippen LogP contribution in [0.2, 0.25) is 0 Å². The fourth-order valence-electron chi connectivity index (χ4n) is 6.31. The Labute approximate surface area is 293 Å². The zero-order valence-corrected chi connectivity index (χ0v) is 31.5. The molecule has 12 nitrogen and oxygen atoms in total. The summed E-state index contributed by atoms with van der Waals surface area (Å²) in [4.78, 5) is 24.8. The van der Waals surface area contributed by atoms with Crippen LogP contribution >= 0.6 is 0 Å². The minimum absolute atomic E-state index is 0.229. The van der Waals surface area contributed by atoms with Gasteiger partial charge < -0.3 is 53.7 Å². The molecule has 12 N–H and O–H groups in total. The van der Waals surface area contributed by atoms with Gasteiger partial charge >= 0.3 is 12.2 Å². The van der Waals surface area contributed by atoms with Crippen molar-refractivity contribution in [2.75, 3.05) is 20.7 Å². The van der Waals surface area contributed by atoms with Gasteiger partial charge in [-0.1, -0.05) is 13.3 Å². The number of unbranched alkanes of at least 4 members (excludes halogenated alkanes) is 1. The first-order chi connectivity index (χ1) is 22.6. The first kappa shape index (κ1) is 44.3. The molecule has 4 rings (SSSR count). The molecule has 0 aromatic carbocycles. The molecule has 0 atom stereocenters. The smallest absolute Gasteiger partial charge is 0.410 e. The number of nitrogens with one attached hydrogen (secondary N) is 2. The molecule has 0 radical (unpaired) electrons. The van der Waals surface area contributed by atoms with Crippen molar-refractivity contribution in [2.24, 2.45) is 28.7 Å². The largest absolute Gasteiger partial charge is 0.450 e.